The van der Waals surface area contributed by atoms with E-state index in [0.29, 0.717) is 23.7 Å². The van der Waals surface area contributed by atoms with Gasteiger partial charge in [0, 0.05) is 16.6 Å². The summed E-state index contributed by atoms with van der Waals surface area (Å²) in [6.45, 7) is 1.30. The molecule has 0 unspecified atom stereocenters. The van der Waals surface area contributed by atoms with Crippen LogP contribution in [0, 0.1) is 0 Å². The lowest BCUT2D eigenvalue weighted by atomic mass is 10.2. The number of carbonyl (C=O) groups excluding carboxylic acids is 1. The second kappa shape index (κ2) is 6.89. The van der Waals surface area contributed by atoms with Gasteiger partial charge in [0.15, 0.2) is 0 Å². The lowest BCUT2D eigenvalue weighted by Crippen LogP contribution is -2.24. The standard InChI is InChI=1S/C11H14BrClN2O/c12-9-4-3-8(7-10(9)13)11(16)15-6-2-1-5-14/h3-4,7H,1-2,5-6,14H2,(H,15,16). The number of nitrogens with one attached hydrogen (secondary N) is 1. The second-order valence-electron chi connectivity index (χ2n) is 3.38. The Morgan fingerprint density at radius 1 is 1.44 bits per heavy atom. The third-order valence-electron chi connectivity index (χ3n) is 2.10. The maximum absolute atomic E-state index is 11.7. The Balaban J connectivity index is 2.50. The van der Waals surface area contributed by atoms with Gasteiger partial charge in [-0.3, -0.25) is 4.79 Å². The molecule has 0 spiro atoms. The number of benzene rings is 1. The highest BCUT2D eigenvalue weighted by Crippen LogP contribution is 2.23. The zero-order chi connectivity index (χ0) is 12.0. The highest BCUT2D eigenvalue weighted by molar-refractivity contribution is 9.10. The average molecular weight is 306 g/mol. The topological polar surface area (TPSA) is 55.1 Å². The van der Waals surface area contributed by atoms with E-state index in [4.69, 9.17) is 17.3 Å². The van der Waals surface area contributed by atoms with Crippen molar-refractivity contribution in [1.82, 2.24) is 5.32 Å². The minimum absolute atomic E-state index is 0.105. The zero-order valence-corrected chi connectivity index (χ0v) is 11.1. The predicted molar refractivity (Wildman–Crippen MR) is 69.8 cm³/mol. The minimum atomic E-state index is -0.105. The summed E-state index contributed by atoms with van der Waals surface area (Å²) in [5.74, 6) is -0.105. The molecule has 5 heteroatoms. The van der Waals surface area contributed by atoms with E-state index < -0.39 is 0 Å². The van der Waals surface area contributed by atoms with Gasteiger partial charge in [-0.1, -0.05) is 11.6 Å². The molecule has 3 N–H and O–H groups in total. The van der Waals surface area contributed by atoms with Crippen LogP contribution >= 0.6 is 27.5 Å². The first-order valence-electron chi connectivity index (χ1n) is 5.08. The Morgan fingerprint density at radius 3 is 2.81 bits per heavy atom. The first kappa shape index (κ1) is 13.5. The van der Waals surface area contributed by atoms with Gasteiger partial charge in [0.25, 0.3) is 5.91 Å². The molecule has 0 saturated heterocycles. The summed E-state index contributed by atoms with van der Waals surface area (Å²) in [7, 11) is 0. The van der Waals surface area contributed by atoms with E-state index in [9.17, 15) is 4.79 Å². The van der Waals surface area contributed by atoms with Crippen LogP contribution in [0.25, 0.3) is 0 Å². The molecule has 0 aromatic heterocycles. The Labute approximate surface area is 108 Å². The maximum Gasteiger partial charge on any atom is 0.251 e. The third-order valence-corrected chi connectivity index (χ3v) is 3.33. The molecule has 0 saturated carbocycles. The summed E-state index contributed by atoms with van der Waals surface area (Å²) in [5, 5.41) is 3.35. The first-order chi connectivity index (χ1) is 7.65. The van der Waals surface area contributed by atoms with Crippen molar-refractivity contribution in [1.29, 1.82) is 0 Å². The van der Waals surface area contributed by atoms with E-state index in [1.54, 1.807) is 18.2 Å². The van der Waals surface area contributed by atoms with Crippen LogP contribution in [0.2, 0.25) is 5.02 Å². The molecule has 0 fully saturated rings. The van der Waals surface area contributed by atoms with Gasteiger partial charge in [-0.25, -0.2) is 0 Å². The summed E-state index contributed by atoms with van der Waals surface area (Å²) in [6, 6.07) is 5.13. The lowest BCUT2D eigenvalue weighted by molar-refractivity contribution is 0.0953. The summed E-state index contributed by atoms with van der Waals surface area (Å²) in [5.41, 5.74) is 5.93. The molecule has 0 aliphatic heterocycles. The fraction of sp³-hybridized carbons (Fsp3) is 0.364. The molecule has 0 radical (unpaired) electrons. The van der Waals surface area contributed by atoms with Gasteiger partial charge in [-0.15, -0.1) is 0 Å². The summed E-state index contributed by atoms with van der Waals surface area (Å²) in [6.07, 6.45) is 1.81. The monoisotopic (exact) mass is 304 g/mol. The number of hydrogen-bond acceptors (Lipinski definition) is 2. The van der Waals surface area contributed by atoms with Crippen molar-refractivity contribution in [2.24, 2.45) is 5.73 Å². The van der Waals surface area contributed by atoms with Crippen LogP contribution in [0.4, 0.5) is 0 Å². The van der Waals surface area contributed by atoms with Gasteiger partial charge in [0.1, 0.15) is 0 Å². The van der Waals surface area contributed by atoms with E-state index in [1.165, 1.54) is 0 Å². The van der Waals surface area contributed by atoms with Crippen LogP contribution in [0.1, 0.15) is 23.2 Å². The molecule has 0 aliphatic rings. The summed E-state index contributed by atoms with van der Waals surface area (Å²) >= 11 is 9.17. The fourth-order valence-corrected chi connectivity index (χ4v) is 1.64. The number of carbonyl (C=O) groups is 1. The van der Waals surface area contributed by atoms with E-state index in [0.717, 1.165) is 17.3 Å². The third kappa shape index (κ3) is 4.12. The minimum Gasteiger partial charge on any atom is -0.352 e. The van der Waals surface area contributed by atoms with Crippen LogP contribution in [-0.2, 0) is 0 Å². The van der Waals surface area contributed by atoms with Crippen LogP contribution in [0.5, 0.6) is 0 Å². The van der Waals surface area contributed by atoms with Crippen molar-refractivity contribution in [2.75, 3.05) is 13.1 Å². The lowest BCUT2D eigenvalue weighted by Gasteiger charge is -2.05. The SMILES string of the molecule is NCCCCNC(=O)c1ccc(Br)c(Cl)c1. The molecule has 0 atom stereocenters. The molecular weight excluding hydrogens is 291 g/mol. The van der Waals surface area contributed by atoms with Gasteiger partial charge in [-0.05, 0) is 53.5 Å². The van der Waals surface area contributed by atoms with Crippen molar-refractivity contribution in [3.63, 3.8) is 0 Å². The molecule has 88 valence electrons. The number of nitrogens with two attached hydrogens (primary N) is 1. The van der Waals surface area contributed by atoms with Gasteiger partial charge in [-0.2, -0.15) is 0 Å². The molecule has 0 bridgehead atoms. The molecule has 1 amide bonds. The fourth-order valence-electron chi connectivity index (χ4n) is 1.21. The number of hydrogen-bond donors (Lipinski definition) is 2. The Bertz CT molecular complexity index is 371. The Morgan fingerprint density at radius 2 is 2.19 bits per heavy atom. The van der Waals surface area contributed by atoms with E-state index in [-0.39, 0.29) is 5.91 Å². The molecular formula is C11H14BrClN2O. The number of unbranched alkanes of at least 4 members (excludes halogenated alkanes) is 1. The van der Waals surface area contributed by atoms with Gasteiger partial charge in [0.2, 0.25) is 0 Å². The number of amides is 1. The van der Waals surface area contributed by atoms with E-state index >= 15 is 0 Å². The van der Waals surface area contributed by atoms with Crippen molar-refractivity contribution in [3.05, 3.63) is 33.3 Å². The average Bonchev–Trinajstić information content (AvgIpc) is 2.28. The van der Waals surface area contributed by atoms with Crippen LogP contribution in [-0.4, -0.2) is 19.0 Å². The second-order valence-corrected chi connectivity index (χ2v) is 4.64. The van der Waals surface area contributed by atoms with E-state index in [2.05, 4.69) is 21.2 Å². The molecule has 0 heterocycles. The molecule has 1 rings (SSSR count). The molecule has 1 aromatic rings. The number of rotatable bonds is 5. The van der Waals surface area contributed by atoms with Crippen LogP contribution < -0.4 is 11.1 Å². The van der Waals surface area contributed by atoms with Crippen molar-refractivity contribution in [2.45, 2.75) is 12.8 Å². The molecule has 0 aliphatic carbocycles. The smallest absolute Gasteiger partial charge is 0.251 e. The van der Waals surface area contributed by atoms with Gasteiger partial charge < -0.3 is 11.1 Å². The van der Waals surface area contributed by atoms with Crippen LogP contribution in [0.3, 0.4) is 0 Å². The Kier molecular flexibility index (Phi) is 5.80. The predicted octanol–water partition coefficient (Wildman–Crippen LogP) is 2.57. The largest absolute Gasteiger partial charge is 0.352 e. The Hall–Kier alpha value is -0.580. The highest BCUT2D eigenvalue weighted by Gasteiger charge is 2.06. The normalized spacial score (nSPS) is 10.2. The van der Waals surface area contributed by atoms with Crippen LogP contribution in [0.15, 0.2) is 22.7 Å². The molecule has 1 aromatic carbocycles. The highest BCUT2D eigenvalue weighted by atomic mass is 79.9. The summed E-state index contributed by atoms with van der Waals surface area (Å²) in [4.78, 5) is 11.7. The molecule has 3 nitrogen and oxygen atoms in total. The van der Waals surface area contributed by atoms with Crippen molar-refractivity contribution in [3.8, 4) is 0 Å². The molecule has 16 heavy (non-hydrogen) atoms. The van der Waals surface area contributed by atoms with Gasteiger partial charge >= 0.3 is 0 Å². The van der Waals surface area contributed by atoms with E-state index in [1.807, 2.05) is 0 Å². The van der Waals surface area contributed by atoms with Crippen molar-refractivity contribution >= 4 is 33.4 Å². The van der Waals surface area contributed by atoms with Gasteiger partial charge in [0.05, 0.1) is 5.02 Å². The van der Waals surface area contributed by atoms with Crippen molar-refractivity contribution < 1.29 is 4.79 Å². The first-order valence-corrected chi connectivity index (χ1v) is 6.25. The maximum atomic E-state index is 11.7. The number of halogens is 2. The quantitative estimate of drug-likeness (QED) is 0.822. The summed E-state index contributed by atoms with van der Waals surface area (Å²) < 4.78 is 0.786. The zero-order valence-electron chi connectivity index (χ0n) is 8.80.